The Balaban J connectivity index is 1.78. The number of nitrogens with one attached hydrogen (secondary N) is 1. The summed E-state index contributed by atoms with van der Waals surface area (Å²) in [6.07, 6.45) is 0.601. The van der Waals surface area contributed by atoms with E-state index in [2.05, 4.69) is 10.5 Å². The van der Waals surface area contributed by atoms with Gasteiger partial charge in [0.15, 0.2) is 18.1 Å². The lowest BCUT2D eigenvalue weighted by molar-refractivity contribution is -0.124. The summed E-state index contributed by atoms with van der Waals surface area (Å²) in [7, 11) is 3.14. The molecular formula is C18H22N2O6. The van der Waals surface area contributed by atoms with Gasteiger partial charge in [-0.15, -0.1) is 0 Å². The van der Waals surface area contributed by atoms with Crippen LogP contribution in [0.1, 0.15) is 27.4 Å². The number of carbonyl (C=O) groups is 2. The van der Waals surface area contributed by atoms with Crippen LogP contribution in [-0.2, 0) is 16.0 Å². The standard InChI is InChI=1S/C18H22N2O6/c1-11-17(12(2)26-20-11)18(22)25-10-16(21)19-8-7-13-5-6-14(23-3)15(9-13)24-4/h5-6,9H,7-8,10H2,1-4H3,(H,19,21). The highest BCUT2D eigenvalue weighted by Gasteiger charge is 2.19. The van der Waals surface area contributed by atoms with Crippen LogP contribution in [-0.4, -0.2) is 44.4 Å². The van der Waals surface area contributed by atoms with Crippen molar-refractivity contribution in [3.63, 3.8) is 0 Å². The van der Waals surface area contributed by atoms with E-state index in [-0.39, 0.29) is 18.1 Å². The molecule has 0 unspecified atom stereocenters. The van der Waals surface area contributed by atoms with Crippen LogP contribution in [0.15, 0.2) is 22.7 Å². The van der Waals surface area contributed by atoms with E-state index in [1.54, 1.807) is 34.1 Å². The summed E-state index contributed by atoms with van der Waals surface area (Å²) in [6, 6.07) is 5.55. The van der Waals surface area contributed by atoms with E-state index in [1.165, 1.54) is 0 Å². The van der Waals surface area contributed by atoms with Gasteiger partial charge in [0, 0.05) is 6.54 Å². The van der Waals surface area contributed by atoms with Gasteiger partial charge in [-0.05, 0) is 38.0 Å². The first-order valence-electron chi connectivity index (χ1n) is 8.03. The highest BCUT2D eigenvalue weighted by molar-refractivity contribution is 5.93. The molecule has 140 valence electrons. The van der Waals surface area contributed by atoms with Crippen LogP contribution in [0.4, 0.5) is 0 Å². The molecule has 1 heterocycles. The van der Waals surface area contributed by atoms with Crippen molar-refractivity contribution in [2.75, 3.05) is 27.4 Å². The van der Waals surface area contributed by atoms with Crippen LogP contribution >= 0.6 is 0 Å². The summed E-state index contributed by atoms with van der Waals surface area (Å²) in [6.45, 7) is 3.28. The summed E-state index contributed by atoms with van der Waals surface area (Å²) < 4.78 is 20.3. The number of nitrogens with zero attached hydrogens (tertiary/aromatic N) is 1. The van der Waals surface area contributed by atoms with E-state index >= 15 is 0 Å². The number of aromatic nitrogens is 1. The average molecular weight is 362 g/mol. The number of benzene rings is 1. The Labute approximate surface area is 151 Å². The van der Waals surface area contributed by atoms with Gasteiger partial charge in [-0.25, -0.2) is 4.79 Å². The van der Waals surface area contributed by atoms with Crippen molar-refractivity contribution in [3.05, 3.63) is 40.8 Å². The minimum absolute atomic E-state index is 0.253. The number of aryl methyl sites for hydroxylation is 2. The number of methoxy groups -OCH3 is 2. The molecule has 1 amide bonds. The molecule has 0 aliphatic heterocycles. The SMILES string of the molecule is COc1ccc(CCNC(=O)COC(=O)c2c(C)noc2C)cc1OC. The molecule has 0 aliphatic carbocycles. The second-order valence-electron chi connectivity index (χ2n) is 5.56. The molecule has 0 fully saturated rings. The molecule has 26 heavy (non-hydrogen) atoms. The lowest BCUT2D eigenvalue weighted by atomic mass is 10.1. The van der Waals surface area contributed by atoms with Gasteiger partial charge < -0.3 is 24.1 Å². The van der Waals surface area contributed by atoms with E-state index in [9.17, 15) is 9.59 Å². The normalized spacial score (nSPS) is 10.3. The van der Waals surface area contributed by atoms with Crippen LogP contribution in [0, 0.1) is 13.8 Å². The molecule has 1 aromatic carbocycles. The molecule has 8 nitrogen and oxygen atoms in total. The van der Waals surface area contributed by atoms with Crippen molar-refractivity contribution in [3.8, 4) is 11.5 Å². The van der Waals surface area contributed by atoms with E-state index in [0.29, 0.717) is 35.9 Å². The second kappa shape index (κ2) is 8.89. The lowest BCUT2D eigenvalue weighted by Gasteiger charge is -2.10. The van der Waals surface area contributed by atoms with Crippen molar-refractivity contribution < 1.29 is 28.3 Å². The van der Waals surface area contributed by atoms with E-state index in [4.69, 9.17) is 18.7 Å². The van der Waals surface area contributed by atoms with Gasteiger partial charge in [0.1, 0.15) is 11.3 Å². The Morgan fingerprint density at radius 2 is 1.88 bits per heavy atom. The van der Waals surface area contributed by atoms with Crippen molar-refractivity contribution in [2.45, 2.75) is 20.3 Å². The highest BCUT2D eigenvalue weighted by atomic mass is 16.5. The van der Waals surface area contributed by atoms with Crippen molar-refractivity contribution in [1.82, 2.24) is 10.5 Å². The number of esters is 1. The highest BCUT2D eigenvalue weighted by Crippen LogP contribution is 2.27. The summed E-state index contributed by atoms with van der Waals surface area (Å²) in [4.78, 5) is 23.8. The number of amides is 1. The summed E-state index contributed by atoms with van der Waals surface area (Å²) in [5, 5.41) is 6.38. The Morgan fingerprint density at radius 1 is 1.15 bits per heavy atom. The van der Waals surface area contributed by atoms with E-state index in [0.717, 1.165) is 5.56 Å². The molecule has 2 aromatic rings. The number of ether oxygens (including phenoxy) is 3. The molecule has 0 spiro atoms. The Kier molecular flexibility index (Phi) is 6.60. The first-order chi connectivity index (χ1) is 12.5. The number of hydrogen-bond donors (Lipinski definition) is 1. The fraction of sp³-hybridized carbons (Fsp3) is 0.389. The van der Waals surface area contributed by atoms with Gasteiger partial charge in [-0.2, -0.15) is 0 Å². The maximum Gasteiger partial charge on any atom is 0.344 e. The van der Waals surface area contributed by atoms with Crippen LogP contribution in [0.5, 0.6) is 11.5 Å². The van der Waals surface area contributed by atoms with Gasteiger partial charge >= 0.3 is 5.97 Å². The lowest BCUT2D eigenvalue weighted by Crippen LogP contribution is -2.30. The first-order valence-corrected chi connectivity index (χ1v) is 8.03. The zero-order valence-corrected chi connectivity index (χ0v) is 15.3. The monoisotopic (exact) mass is 362 g/mol. The van der Waals surface area contributed by atoms with Gasteiger partial charge in [0.05, 0.1) is 19.9 Å². The molecule has 0 saturated heterocycles. The first kappa shape index (κ1) is 19.3. The molecule has 0 saturated carbocycles. The minimum Gasteiger partial charge on any atom is -0.493 e. The molecule has 1 N–H and O–H groups in total. The van der Waals surface area contributed by atoms with Crippen LogP contribution in [0.2, 0.25) is 0 Å². The van der Waals surface area contributed by atoms with Crippen molar-refractivity contribution in [2.24, 2.45) is 0 Å². The molecule has 8 heteroatoms. The molecule has 0 atom stereocenters. The summed E-state index contributed by atoms with van der Waals surface area (Å²) in [5.41, 5.74) is 1.67. The molecule has 0 bridgehead atoms. The summed E-state index contributed by atoms with van der Waals surface area (Å²) >= 11 is 0. The number of carbonyl (C=O) groups excluding carboxylic acids is 2. The van der Waals surface area contributed by atoms with Gasteiger partial charge in [0.2, 0.25) is 0 Å². The van der Waals surface area contributed by atoms with Crippen molar-refractivity contribution in [1.29, 1.82) is 0 Å². The van der Waals surface area contributed by atoms with Gasteiger partial charge in [-0.3, -0.25) is 4.79 Å². The molecule has 2 rings (SSSR count). The number of rotatable bonds is 8. The molecular weight excluding hydrogens is 340 g/mol. The third-order valence-corrected chi connectivity index (χ3v) is 3.76. The van der Waals surface area contributed by atoms with E-state index in [1.807, 2.05) is 12.1 Å². The van der Waals surface area contributed by atoms with Crippen LogP contribution in [0.25, 0.3) is 0 Å². The number of hydrogen-bond acceptors (Lipinski definition) is 7. The average Bonchev–Trinajstić information content (AvgIpc) is 2.98. The Morgan fingerprint density at radius 3 is 2.50 bits per heavy atom. The molecule has 0 aliphatic rings. The Bertz CT molecular complexity index is 764. The molecule has 0 radical (unpaired) electrons. The third-order valence-electron chi connectivity index (χ3n) is 3.76. The van der Waals surface area contributed by atoms with Crippen LogP contribution < -0.4 is 14.8 Å². The fourth-order valence-electron chi connectivity index (χ4n) is 2.41. The largest absolute Gasteiger partial charge is 0.493 e. The summed E-state index contributed by atoms with van der Waals surface area (Å²) in [5.74, 6) is 0.625. The maximum atomic E-state index is 12.0. The zero-order valence-electron chi connectivity index (χ0n) is 15.3. The fourth-order valence-corrected chi connectivity index (χ4v) is 2.41. The van der Waals surface area contributed by atoms with Crippen LogP contribution in [0.3, 0.4) is 0 Å². The molecule has 1 aromatic heterocycles. The third kappa shape index (κ3) is 4.75. The van der Waals surface area contributed by atoms with Gasteiger partial charge in [-0.1, -0.05) is 11.2 Å². The topological polar surface area (TPSA) is 99.9 Å². The minimum atomic E-state index is -0.628. The predicted molar refractivity (Wildman–Crippen MR) is 92.5 cm³/mol. The zero-order chi connectivity index (χ0) is 19.1. The quantitative estimate of drug-likeness (QED) is 0.715. The smallest absolute Gasteiger partial charge is 0.344 e. The predicted octanol–water partition coefficient (Wildman–Crippen LogP) is 1.82. The maximum absolute atomic E-state index is 12.0. The van der Waals surface area contributed by atoms with E-state index < -0.39 is 5.97 Å². The van der Waals surface area contributed by atoms with Gasteiger partial charge in [0.25, 0.3) is 5.91 Å². The Hall–Kier alpha value is -3.03. The van der Waals surface area contributed by atoms with Crippen molar-refractivity contribution >= 4 is 11.9 Å². The second-order valence-corrected chi connectivity index (χ2v) is 5.56.